The number of halogens is 1. The van der Waals surface area contributed by atoms with Gasteiger partial charge in [-0.15, -0.1) is 0 Å². The highest BCUT2D eigenvalue weighted by molar-refractivity contribution is 6.30. The molecule has 1 atom stereocenters. The number of ether oxygens (including phenoxy) is 1. The summed E-state index contributed by atoms with van der Waals surface area (Å²) in [5.41, 5.74) is 6.73. The first-order valence-corrected chi connectivity index (χ1v) is 8.00. The zero-order valence-electron chi connectivity index (χ0n) is 13.3. The molecule has 1 heterocycles. The highest BCUT2D eigenvalue weighted by Crippen LogP contribution is 2.15. The molecule has 1 aromatic heterocycles. The maximum Gasteiger partial charge on any atom is 0.267 e. The standard InChI is InChI=1S/C17H20ClN3O3/c1-2-24-14-5-3-11(4-6-14)7-12(16(19)22)9-21-17(23)15-8-13(18)10-20-15/h3-6,8,10,12,20H,2,7,9H2,1H3,(H2,19,22)(H,21,23)/t12-/m0/s1. The molecule has 7 heteroatoms. The number of H-pyrrole nitrogens is 1. The number of primary amides is 1. The van der Waals surface area contributed by atoms with Crippen molar-refractivity contribution >= 4 is 23.4 Å². The lowest BCUT2D eigenvalue weighted by Gasteiger charge is -2.14. The van der Waals surface area contributed by atoms with Crippen molar-refractivity contribution in [1.82, 2.24) is 10.3 Å². The zero-order valence-corrected chi connectivity index (χ0v) is 14.1. The Hall–Kier alpha value is -2.47. The average Bonchev–Trinajstić information content (AvgIpc) is 2.99. The molecule has 0 saturated carbocycles. The van der Waals surface area contributed by atoms with Crippen LogP contribution in [0, 0.1) is 5.92 Å². The van der Waals surface area contributed by atoms with Crippen LogP contribution in [0.2, 0.25) is 5.02 Å². The number of carbonyl (C=O) groups excluding carboxylic acids is 2. The number of hydrogen-bond donors (Lipinski definition) is 3. The third-order valence-corrected chi connectivity index (χ3v) is 3.74. The molecule has 2 aromatic rings. The van der Waals surface area contributed by atoms with Gasteiger partial charge in [0.15, 0.2) is 0 Å². The van der Waals surface area contributed by atoms with E-state index in [1.54, 1.807) is 0 Å². The Bertz CT molecular complexity index is 697. The lowest BCUT2D eigenvalue weighted by molar-refractivity contribution is -0.121. The van der Waals surface area contributed by atoms with Crippen molar-refractivity contribution in [3.63, 3.8) is 0 Å². The van der Waals surface area contributed by atoms with Gasteiger partial charge < -0.3 is 20.8 Å². The Labute approximate surface area is 145 Å². The number of rotatable bonds is 8. The number of hydrogen-bond acceptors (Lipinski definition) is 3. The van der Waals surface area contributed by atoms with E-state index in [4.69, 9.17) is 22.1 Å². The number of carbonyl (C=O) groups is 2. The first-order valence-electron chi connectivity index (χ1n) is 7.62. The summed E-state index contributed by atoms with van der Waals surface area (Å²) in [5.74, 6) is -0.528. The minimum absolute atomic E-state index is 0.151. The molecular formula is C17H20ClN3O3. The van der Waals surface area contributed by atoms with Crippen molar-refractivity contribution in [2.75, 3.05) is 13.2 Å². The van der Waals surface area contributed by atoms with Gasteiger partial charge in [-0.3, -0.25) is 9.59 Å². The summed E-state index contributed by atoms with van der Waals surface area (Å²) in [7, 11) is 0. The van der Waals surface area contributed by atoms with Gasteiger partial charge in [-0.2, -0.15) is 0 Å². The number of benzene rings is 1. The van der Waals surface area contributed by atoms with Crippen LogP contribution < -0.4 is 15.8 Å². The first-order chi connectivity index (χ1) is 11.5. The van der Waals surface area contributed by atoms with E-state index in [0.29, 0.717) is 23.7 Å². The van der Waals surface area contributed by atoms with E-state index in [1.807, 2.05) is 31.2 Å². The Balaban J connectivity index is 1.94. The van der Waals surface area contributed by atoms with Crippen LogP contribution in [0.3, 0.4) is 0 Å². The molecule has 0 fully saturated rings. The molecule has 0 saturated heterocycles. The molecule has 0 radical (unpaired) electrons. The van der Waals surface area contributed by atoms with Gasteiger partial charge in [0.2, 0.25) is 5.91 Å². The van der Waals surface area contributed by atoms with Crippen molar-refractivity contribution in [3.05, 3.63) is 52.8 Å². The van der Waals surface area contributed by atoms with Gasteiger partial charge >= 0.3 is 0 Å². The van der Waals surface area contributed by atoms with Crippen molar-refractivity contribution in [1.29, 1.82) is 0 Å². The fraction of sp³-hybridized carbons (Fsp3) is 0.294. The number of nitrogens with two attached hydrogens (primary N) is 1. The maximum atomic E-state index is 12.0. The lowest BCUT2D eigenvalue weighted by Crippen LogP contribution is -2.37. The van der Waals surface area contributed by atoms with Gasteiger partial charge in [-0.05, 0) is 37.1 Å². The van der Waals surface area contributed by atoms with Gasteiger partial charge in [0, 0.05) is 12.7 Å². The fourth-order valence-corrected chi connectivity index (χ4v) is 2.42. The van der Waals surface area contributed by atoms with Gasteiger partial charge in [-0.1, -0.05) is 23.7 Å². The van der Waals surface area contributed by atoms with Crippen LogP contribution in [0.5, 0.6) is 5.75 Å². The SMILES string of the molecule is CCOc1ccc(C[C@@H](CNC(=O)c2cc(Cl)c[nH]2)C(N)=O)cc1. The van der Waals surface area contributed by atoms with Gasteiger partial charge in [0.05, 0.1) is 17.5 Å². The van der Waals surface area contributed by atoms with E-state index >= 15 is 0 Å². The number of amides is 2. The summed E-state index contributed by atoms with van der Waals surface area (Å²) in [6.45, 7) is 2.66. The smallest absolute Gasteiger partial charge is 0.267 e. The van der Waals surface area contributed by atoms with Crippen LogP contribution in [-0.2, 0) is 11.2 Å². The van der Waals surface area contributed by atoms with E-state index in [2.05, 4.69) is 10.3 Å². The molecule has 6 nitrogen and oxygen atoms in total. The third-order valence-electron chi connectivity index (χ3n) is 3.52. The third kappa shape index (κ3) is 5.03. The summed E-state index contributed by atoms with van der Waals surface area (Å²) in [5, 5.41) is 3.14. The Morgan fingerprint density at radius 2 is 2.04 bits per heavy atom. The summed E-state index contributed by atoms with van der Waals surface area (Å²) in [6, 6.07) is 8.97. The van der Waals surface area contributed by atoms with Crippen LogP contribution in [0.15, 0.2) is 36.5 Å². The van der Waals surface area contributed by atoms with Gasteiger partial charge in [0.1, 0.15) is 11.4 Å². The molecule has 2 rings (SSSR count). The molecule has 4 N–H and O–H groups in total. The highest BCUT2D eigenvalue weighted by atomic mass is 35.5. The number of nitrogens with one attached hydrogen (secondary N) is 2. The fourth-order valence-electron chi connectivity index (χ4n) is 2.26. The predicted molar refractivity (Wildman–Crippen MR) is 92.1 cm³/mol. The summed E-state index contributed by atoms with van der Waals surface area (Å²) in [4.78, 5) is 26.4. The summed E-state index contributed by atoms with van der Waals surface area (Å²) >= 11 is 5.76. The monoisotopic (exact) mass is 349 g/mol. The number of aromatic nitrogens is 1. The topological polar surface area (TPSA) is 97.2 Å². The Kier molecular flexibility index (Phi) is 6.26. The normalized spacial score (nSPS) is 11.8. The number of aromatic amines is 1. The first kappa shape index (κ1) is 17.9. The molecule has 2 amide bonds. The summed E-state index contributed by atoms with van der Waals surface area (Å²) < 4.78 is 5.38. The van der Waals surface area contributed by atoms with Crippen LogP contribution in [-0.4, -0.2) is 29.9 Å². The second-order valence-corrected chi connectivity index (χ2v) is 5.76. The van der Waals surface area contributed by atoms with Crippen LogP contribution >= 0.6 is 11.6 Å². The predicted octanol–water partition coefficient (Wildman–Crippen LogP) is 2.14. The van der Waals surface area contributed by atoms with Crippen LogP contribution in [0.1, 0.15) is 23.0 Å². The molecule has 0 aliphatic rings. The molecule has 24 heavy (non-hydrogen) atoms. The average molecular weight is 350 g/mol. The maximum absolute atomic E-state index is 12.0. The quantitative estimate of drug-likeness (QED) is 0.681. The van der Waals surface area contributed by atoms with Crippen LogP contribution in [0.4, 0.5) is 0 Å². The van der Waals surface area contributed by atoms with E-state index in [1.165, 1.54) is 12.3 Å². The van der Waals surface area contributed by atoms with Crippen LogP contribution in [0.25, 0.3) is 0 Å². The Morgan fingerprint density at radius 3 is 2.58 bits per heavy atom. The molecule has 0 bridgehead atoms. The van der Waals surface area contributed by atoms with E-state index in [0.717, 1.165) is 11.3 Å². The molecule has 0 spiro atoms. The molecular weight excluding hydrogens is 330 g/mol. The molecule has 128 valence electrons. The van der Waals surface area contributed by atoms with Crippen molar-refractivity contribution in [3.8, 4) is 5.75 Å². The Morgan fingerprint density at radius 1 is 1.33 bits per heavy atom. The lowest BCUT2D eigenvalue weighted by atomic mass is 9.98. The van der Waals surface area contributed by atoms with Crippen molar-refractivity contribution < 1.29 is 14.3 Å². The molecule has 0 unspecified atom stereocenters. The molecule has 0 aliphatic carbocycles. The van der Waals surface area contributed by atoms with Crippen molar-refractivity contribution in [2.45, 2.75) is 13.3 Å². The van der Waals surface area contributed by atoms with E-state index < -0.39 is 11.8 Å². The minimum Gasteiger partial charge on any atom is -0.494 e. The highest BCUT2D eigenvalue weighted by Gasteiger charge is 2.18. The summed E-state index contributed by atoms with van der Waals surface area (Å²) in [6.07, 6.45) is 1.95. The van der Waals surface area contributed by atoms with Crippen molar-refractivity contribution in [2.24, 2.45) is 11.7 Å². The van der Waals surface area contributed by atoms with E-state index in [9.17, 15) is 9.59 Å². The molecule has 0 aliphatic heterocycles. The van der Waals surface area contributed by atoms with Gasteiger partial charge in [0.25, 0.3) is 5.91 Å². The largest absolute Gasteiger partial charge is 0.494 e. The molecule has 1 aromatic carbocycles. The zero-order chi connectivity index (χ0) is 17.5. The second kappa shape index (κ2) is 8.40. The van der Waals surface area contributed by atoms with E-state index in [-0.39, 0.29) is 12.5 Å². The van der Waals surface area contributed by atoms with Gasteiger partial charge in [-0.25, -0.2) is 0 Å². The second-order valence-electron chi connectivity index (χ2n) is 5.32. The minimum atomic E-state index is -0.502.